The van der Waals surface area contributed by atoms with E-state index in [-0.39, 0.29) is 17.9 Å². The van der Waals surface area contributed by atoms with E-state index in [2.05, 4.69) is 17.4 Å². The topological polar surface area (TPSA) is 49.4 Å². The first kappa shape index (κ1) is 18.2. The third-order valence-electron chi connectivity index (χ3n) is 4.93. The van der Waals surface area contributed by atoms with Gasteiger partial charge < -0.3 is 10.2 Å². The molecular formula is C22H26N2O2. The van der Waals surface area contributed by atoms with Crippen molar-refractivity contribution < 1.29 is 9.59 Å². The summed E-state index contributed by atoms with van der Waals surface area (Å²) in [7, 11) is 0. The van der Waals surface area contributed by atoms with Gasteiger partial charge in [0.2, 0.25) is 5.91 Å². The monoisotopic (exact) mass is 350 g/mol. The highest BCUT2D eigenvalue weighted by Crippen LogP contribution is 2.15. The molecule has 3 rings (SSSR count). The summed E-state index contributed by atoms with van der Waals surface area (Å²) in [4.78, 5) is 26.7. The molecule has 0 aromatic heterocycles. The molecule has 2 aromatic rings. The van der Waals surface area contributed by atoms with Crippen molar-refractivity contribution in [3.8, 4) is 0 Å². The van der Waals surface area contributed by atoms with Crippen LogP contribution in [0.1, 0.15) is 41.3 Å². The molecule has 2 aromatic carbocycles. The molecule has 4 nitrogen and oxygen atoms in total. The number of rotatable bonds is 7. The number of carbonyl (C=O) groups is 2. The molecule has 1 heterocycles. The van der Waals surface area contributed by atoms with Gasteiger partial charge in [0.25, 0.3) is 5.91 Å². The van der Waals surface area contributed by atoms with E-state index in [4.69, 9.17) is 0 Å². The fourth-order valence-corrected chi connectivity index (χ4v) is 3.52. The number of hydrogen-bond donors (Lipinski definition) is 1. The lowest BCUT2D eigenvalue weighted by molar-refractivity contribution is -0.127. The van der Waals surface area contributed by atoms with Crippen LogP contribution in [0.3, 0.4) is 0 Å². The molecule has 1 fully saturated rings. The van der Waals surface area contributed by atoms with E-state index < -0.39 is 0 Å². The second-order valence-electron chi connectivity index (χ2n) is 6.81. The zero-order valence-corrected chi connectivity index (χ0v) is 15.3. The SMILES string of the molecule is CCc1ccccc1C(=O)N[C@@H]1CC(=O)N(CCCc2ccccc2)C1. The van der Waals surface area contributed by atoms with Gasteiger partial charge in [0.1, 0.15) is 0 Å². The van der Waals surface area contributed by atoms with E-state index in [0.717, 1.165) is 31.4 Å². The minimum Gasteiger partial charge on any atom is -0.347 e. The fourth-order valence-electron chi connectivity index (χ4n) is 3.52. The van der Waals surface area contributed by atoms with Crippen LogP contribution in [0, 0.1) is 0 Å². The molecule has 0 aliphatic carbocycles. The largest absolute Gasteiger partial charge is 0.347 e. The highest BCUT2D eigenvalue weighted by Gasteiger charge is 2.30. The molecule has 0 bridgehead atoms. The van der Waals surface area contributed by atoms with Crippen molar-refractivity contribution >= 4 is 11.8 Å². The standard InChI is InChI=1S/C22H26N2O2/c1-2-18-12-6-7-13-20(18)22(26)23-19-15-21(25)24(16-19)14-8-11-17-9-4-3-5-10-17/h3-7,9-10,12-13,19H,2,8,11,14-16H2,1H3,(H,23,26)/t19-/m1/s1. The number of benzene rings is 2. The van der Waals surface area contributed by atoms with Crippen molar-refractivity contribution in [2.24, 2.45) is 0 Å². The molecule has 1 saturated heterocycles. The number of nitrogens with one attached hydrogen (secondary N) is 1. The molecule has 1 aliphatic rings. The van der Waals surface area contributed by atoms with Crippen LogP contribution in [-0.4, -0.2) is 35.8 Å². The molecule has 0 radical (unpaired) electrons. The summed E-state index contributed by atoms with van der Waals surface area (Å²) in [6.45, 7) is 3.39. The third kappa shape index (κ3) is 4.51. The van der Waals surface area contributed by atoms with E-state index >= 15 is 0 Å². The van der Waals surface area contributed by atoms with Crippen LogP contribution in [0.2, 0.25) is 0 Å². The Morgan fingerprint density at radius 3 is 2.62 bits per heavy atom. The predicted molar refractivity (Wildman–Crippen MR) is 103 cm³/mol. The summed E-state index contributed by atoms with van der Waals surface area (Å²) in [5, 5.41) is 3.04. The van der Waals surface area contributed by atoms with Crippen LogP contribution in [-0.2, 0) is 17.6 Å². The van der Waals surface area contributed by atoms with Crippen molar-refractivity contribution in [2.45, 2.75) is 38.6 Å². The predicted octanol–water partition coefficient (Wildman–Crippen LogP) is 3.21. The first-order valence-corrected chi connectivity index (χ1v) is 9.38. The molecule has 0 unspecified atom stereocenters. The van der Waals surface area contributed by atoms with Gasteiger partial charge in [-0.1, -0.05) is 55.5 Å². The molecule has 2 amide bonds. The van der Waals surface area contributed by atoms with Crippen molar-refractivity contribution in [3.05, 3.63) is 71.3 Å². The molecule has 1 N–H and O–H groups in total. The molecule has 1 aliphatic heterocycles. The maximum atomic E-state index is 12.6. The first-order valence-electron chi connectivity index (χ1n) is 9.38. The highest BCUT2D eigenvalue weighted by molar-refractivity contribution is 5.96. The lowest BCUT2D eigenvalue weighted by Gasteiger charge is -2.17. The number of aryl methyl sites for hydroxylation is 2. The molecule has 4 heteroatoms. The van der Waals surface area contributed by atoms with Gasteiger partial charge in [0.05, 0.1) is 6.04 Å². The summed E-state index contributed by atoms with van der Waals surface area (Å²) < 4.78 is 0. The Morgan fingerprint density at radius 1 is 1.12 bits per heavy atom. The second kappa shape index (κ2) is 8.65. The van der Waals surface area contributed by atoms with Crippen molar-refractivity contribution in [2.75, 3.05) is 13.1 Å². The number of hydrogen-bond acceptors (Lipinski definition) is 2. The van der Waals surface area contributed by atoms with Gasteiger partial charge >= 0.3 is 0 Å². The Hall–Kier alpha value is -2.62. The quantitative estimate of drug-likeness (QED) is 0.833. The number of likely N-dealkylation sites (tertiary alicyclic amines) is 1. The Kier molecular flexibility index (Phi) is 6.05. The van der Waals surface area contributed by atoms with Crippen LogP contribution < -0.4 is 5.32 Å². The van der Waals surface area contributed by atoms with Crippen LogP contribution >= 0.6 is 0 Å². The van der Waals surface area contributed by atoms with Gasteiger partial charge in [-0.3, -0.25) is 9.59 Å². The van der Waals surface area contributed by atoms with E-state index in [0.29, 0.717) is 18.5 Å². The summed E-state index contributed by atoms with van der Waals surface area (Å²) in [5.41, 5.74) is 3.04. The van der Waals surface area contributed by atoms with Gasteiger partial charge in [-0.05, 0) is 36.5 Å². The molecule has 136 valence electrons. The van der Waals surface area contributed by atoms with Crippen LogP contribution in [0.15, 0.2) is 54.6 Å². The number of amides is 2. The highest BCUT2D eigenvalue weighted by atomic mass is 16.2. The molecule has 26 heavy (non-hydrogen) atoms. The zero-order chi connectivity index (χ0) is 18.4. The van der Waals surface area contributed by atoms with Crippen LogP contribution in [0.25, 0.3) is 0 Å². The Balaban J connectivity index is 1.50. The Labute approximate surface area is 155 Å². The molecule has 1 atom stereocenters. The lowest BCUT2D eigenvalue weighted by Crippen LogP contribution is -2.37. The maximum absolute atomic E-state index is 12.6. The van der Waals surface area contributed by atoms with E-state index in [9.17, 15) is 9.59 Å². The average Bonchev–Trinajstić information content (AvgIpc) is 3.01. The average molecular weight is 350 g/mol. The van der Waals surface area contributed by atoms with Crippen LogP contribution in [0.5, 0.6) is 0 Å². The molecule has 0 saturated carbocycles. The van der Waals surface area contributed by atoms with Gasteiger partial charge in [-0.2, -0.15) is 0 Å². The van der Waals surface area contributed by atoms with E-state index in [1.54, 1.807) is 0 Å². The normalized spacial score (nSPS) is 16.7. The second-order valence-corrected chi connectivity index (χ2v) is 6.81. The smallest absolute Gasteiger partial charge is 0.251 e. The van der Waals surface area contributed by atoms with Crippen molar-refractivity contribution in [1.82, 2.24) is 10.2 Å². The minimum absolute atomic E-state index is 0.0774. The van der Waals surface area contributed by atoms with Crippen molar-refractivity contribution in [1.29, 1.82) is 0 Å². The Bertz CT molecular complexity index is 758. The summed E-state index contributed by atoms with van der Waals surface area (Å²) in [6, 6.07) is 17.9. The lowest BCUT2D eigenvalue weighted by atomic mass is 10.0. The summed E-state index contributed by atoms with van der Waals surface area (Å²) in [6.07, 6.45) is 3.12. The third-order valence-corrected chi connectivity index (χ3v) is 4.93. The summed E-state index contributed by atoms with van der Waals surface area (Å²) in [5.74, 6) is 0.0542. The fraction of sp³-hybridized carbons (Fsp3) is 0.364. The molecular weight excluding hydrogens is 324 g/mol. The maximum Gasteiger partial charge on any atom is 0.251 e. The van der Waals surface area contributed by atoms with Crippen molar-refractivity contribution in [3.63, 3.8) is 0 Å². The number of nitrogens with zero attached hydrogens (tertiary/aromatic N) is 1. The van der Waals surface area contributed by atoms with Gasteiger partial charge in [0.15, 0.2) is 0 Å². The van der Waals surface area contributed by atoms with Gasteiger partial charge in [0, 0.05) is 25.1 Å². The van der Waals surface area contributed by atoms with Gasteiger partial charge in [-0.25, -0.2) is 0 Å². The molecule has 0 spiro atoms. The zero-order valence-electron chi connectivity index (χ0n) is 15.3. The van der Waals surface area contributed by atoms with E-state index in [1.807, 2.05) is 54.3 Å². The minimum atomic E-state index is -0.100. The number of carbonyl (C=O) groups excluding carboxylic acids is 2. The first-order chi connectivity index (χ1) is 12.7. The van der Waals surface area contributed by atoms with Gasteiger partial charge in [-0.15, -0.1) is 0 Å². The van der Waals surface area contributed by atoms with E-state index in [1.165, 1.54) is 5.56 Å². The summed E-state index contributed by atoms with van der Waals surface area (Å²) >= 11 is 0. The Morgan fingerprint density at radius 2 is 1.85 bits per heavy atom. The van der Waals surface area contributed by atoms with Crippen LogP contribution in [0.4, 0.5) is 0 Å².